The van der Waals surface area contributed by atoms with E-state index in [1.807, 2.05) is 4.90 Å². The molecule has 0 saturated carbocycles. The second-order valence-electron chi connectivity index (χ2n) is 8.66. The molecule has 1 atom stereocenters. The number of rotatable bonds is 8. The van der Waals surface area contributed by atoms with Crippen LogP contribution in [0.15, 0.2) is 18.2 Å². The largest absolute Gasteiger partial charge is 0.417 e. The molecule has 7 nitrogen and oxygen atoms in total. The minimum Gasteiger partial charge on any atom is -0.382 e. The van der Waals surface area contributed by atoms with E-state index in [0.717, 1.165) is 18.9 Å². The Morgan fingerprint density at radius 1 is 1.21 bits per heavy atom. The van der Waals surface area contributed by atoms with Crippen molar-refractivity contribution < 1.29 is 32.2 Å². The predicted octanol–water partition coefficient (Wildman–Crippen LogP) is 2.93. The van der Waals surface area contributed by atoms with Gasteiger partial charge in [-0.05, 0) is 36.5 Å². The first-order chi connectivity index (χ1) is 15.7. The van der Waals surface area contributed by atoms with Crippen molar-refractivity contribution in [2.75, 3.05) is 71.7 Å². The average Bonchev–Trinajstić information content (AvgIpc) is 3.14. The fourth-order valence-electron chi connectivity index (χ4n) is 4.87. The van der Waals surface area contributed by atoms with Crippen LogP contribution in [0.4, 0.5) is 18.9 Å². The van der Waals surface area contributed by atoms with Gasteiger partial charge in [0.25, 0.3) is 0 Å². The van der Waals surface area contributed by atoms with E-state index >= 15 is 0 Å². The highest BCUT2D eigenvalue weighted by molar-refractivity contribution is 5.77. The number of benzene rings is 1. The molecule has 0 bridgehead atoms. The molecule has 182 valence electrons. The van der Waals surface area contributed by atoms with Crippen LogP contribution in [-0.2, 0) is 25.2 Å². The fraction of sp³-hybridized carbons (Fsp3) is 0.652. The molecule has 0 aromatic heterocycles. The Morgan fingerprint density at radius 2 is 1.94 bits per heavy atom. The molecule has 2 aliphatic heterocycles. The lowest BCUT2D eigenvalue weighted by Gasteiger charge is -2.42. The molecule has 1 amide bonds. The van der Waals surface area contributed by atoms with Crippen LogP contribution in [0.2, 0.25) is 0 Å². The van der Waals surface area contributed by atoms with Gasteiger partial charge in [-0.1, -0.05) is 0 Å². The zero-order chi connectivity index (χ0) is 24.1. The van der Waals surface area contributed by atoms with E-state index in [9.17, 15) is 18.0 Å². The van der Waals surface area contributed by atoms with E-state index in [-0.39, 0.29) is 29.4 Å². The summed E-state index contributed by atoms with van der Waals surface area (Å²) in [6.07, 6.45) is -3.13. The van der Waals surface area contributed by atoms with Crippen LogP contribution in [0.3, 0.4) is 0 Å². The summed E-state index contributed by atoms with van der Waals surface area (Å²) in [5.41, 5.74) is -1.04. The van der Waals surface area contributed by atoms with E-state index in [2.05, 4.69) is 0 Å². The zero-order valence-corrected chi connectivity index (χ0v) is 19.0. The van der Waals surface area contributed by atoms with Gasteiger partial charge >= 0.3 is 6.18 Å². The number of carbonyl (C=O) groups is 1. The smallest absolute Gasteiger partial charge is 0.382 e. The highest BCUT2D eigenvalue weighted by Gasteiger charge is 2.49. The first kappa shape index (κ1) is 25.3. The number of ether oxygens (including phenoxy) is 3. The maximum Gasteiger partial charge on any atom is 0.417 e. The standard InChI is InChI=1S/C23H30F3N3O4/c1-31-9-10-33-14-18-13-29(19-4-3-17(12-27)20(11-19)23(24,25)26)16-22(18)5-7-28(8-6-22)21(30)15-32-2/h3-4,11,18H,5-10,13-16H2,1-2H3. The summed E-state index contributed by atoms with van der Waals surface area (Å²) in [6.45, 7) is 3.67. The minimum atomic E-state index is -4.60. The zero-order valence-electron chi connectivity index (χ0n) is 19.0. The molecule has 2 fully saturated rings. The van der Waals surface area contributed by atoms with Crippen molar-refractivity contribution in [2.45, 2.75) is 19.0 Å². The molecule has 1 aromatic carbocycles. The number of carbonyl (C=O) groups excluding carboxylic acids is 1. The van der Waals surface area contributed by atoms with Gasteiger partial charge in [0.05, 0.1) is 37.0 Å². The van der Waals surface area contributed by atoms with Crippen LogP contribution in [-0.4, -0.2) is 77.6 Å². The van der Waals surface area contributed by atoms with Gasteiger partial charge in [0.15, 0.2) is 0 Å². The monoisotopic (exact) mass is 469 g/mol. The molecule has 2 heterocycles. The molecule has 1 unspecified atom stereocenters. The molecule has 0 aliphatic carbocycles. The summed E-state index contributed by atoms with van der Waals surface area (Å²) in [5, 5.41) is 9.10. The third kappa shape index (κ3) is 5.78. The number of hydrogen-bond donors (Lipinski definition) is 0. The van der Waals surface area contributed by atoms with Gasteiger partial charge in [0.1, 0.15) is 6.61 Å². The van der Waals surface area contributed by atoms with Crippen molar-refractivity contribution in [1.29, 1.82) is 5.26 Å². The predicted molar refractivity (Wildman–Crippen MR) is 115 cm³/mol. The average molecular weight is 470 g/mol. The second kappa shape index (κ2) is 10.7. The van der Waals surface area contributed by atoms with Crippen LogP contribution in [0, 0.1) is 22.7 Å². The number of nitrogens with zero attached hydrogens (tertiary/aromatic N) is 3. The maximum atomic E-state index is 13.5. The Hall–Kier alpha value is -2.35. The summed E-state index contributed by atoms with van der Waals surface area (Å²) >= 11 is 0. The van der Waals surface area contributed by atoms with Crippen molar-refractivity contribution >= 4 is 11.6 Å². The maximum absolute atomic E-state index is 13.5. The van der Waals surface area contributed by atoms with Gasteiger partial charge in [-0.2, -0.15) is 18.4 Å². The number of anilines is 1. The lowest BCUT2D eigenvalue weighted by Crippen LogP contribution is -2.48. The molecule has 2 aliphatic rings. The van der Waals surface area contributed by atoms with Crippen LogP contribution in [0.25, 0.3) is 0 Å². The van der Waals surface area contributed by atoms with Crippen molar-refractivity contribution in [3.05, 3.63) is 29.3 Å². The highest BCUT2D eigenvalue weighted by Crippen LogP contribution is 2.47. The molecule has 0 N–H and O–H groups in total. The molecular weight excluding hydrogens is 439 g/mol. The molecule has 3 rings (SSSR count). The third-order valence-corrected chi connectivity index (χ3v) is 6.74. The molecular formula is C23H30F3N3O4. The van der Waals surface area contributed by atoms with E-state index < -0.39 is 11.7 Å². The molecule has 33 heavy (non-hydrogen) atoms. The first-order valence-electron chi connectivity index (χ1n) is 10.9. The van der Waals surface area contributed by atoms with E-state index in [4.69, 9.17) is 19.5 Å². The van der Waals surface area contributed by atoms with Gasteiger partial charge in [-0.25, -0.2) is 0 Å². The fourth-order valence-corrected chi connectivity index (χ4v) is 4.87. The Kier molecular flexibility index (Phi) is 8.21. The van der Waals surface area contributed by atoms with E-state index in [0.29, 0.717) is 51.7 Å². The highest BCUT2D eigenvalue weighted by atomic mass is 19.4. The molecule has 1 spiro atoms. The molecule has 10 heteroatoms. The van der Waals surface area contributed by atoms with Gasteiger partial charge in [-0.3, -0.25) is 4.79 Å². The quantitative estimate of drug-likeness (QED) is 0.545. The molecule has 1 aromatic rings. The van der Waals surface area contributed by atoms with Crippen LogP contribution in [0.1, 0.15) is 24.0 Å². The lowest BCUT2D eigenvalue weighted by molar-refractivity contribution is -0.138. The van der Waals surface area contributed by atoms with Gasteiger partial charge in [0, 0.05) is 52.0 Å². The van der Waals surface area contributed by atoms with Crippen molar-refractivity contribution in [3.8, 4) is 6.07 Å². The van der Waals surface area contributed by atoms with Gasteiger partial charge < -0.3 is 24.0 Å². The van der Waals surface area contributed by atoms with Crippen molar-refractivity contribution in [2.24, 2.45) is 11.3 Å². The third-order valence-electron chi connectivity index (χ3n) is 6.74. The Bertz CT molecular complexity index is 863. The number of alkyl halides is 3. The number of piperidine rings is 1. The summed E-state index contributed by atoms with van der Waals surface area (Å²) in [6, 6.07) is 5.51. The topological polar surface area (TPSA) is 75.0 Å². The van der Waals surface area contributed by atoms with Crippen LogP contribution in [0.5, 0.6) is 0 Å². The number of likely N-dealkylation sites (tertiary alicyclic amines) is 1. The first-order valence-corrected chi connectivity index (χ1v) is 10.9. The number of nitriles is 1. The Morgan fingerprint density at radius 3 is 2.55 bits per heavy atom. The molecule has 0 radical (unpaired) electrons. The Labute approximate surface area is 192 Å². The normalized spacial score (nSPS) is 20.3. The van der Waals surface area contributed by atoms with Crippen molar-refractivity contribution in [1.82, 2.24) is 4.90 Å². The SMILES string of the molecule is COCCOCC1CN(c2ccc(C#N)c(C(F)(F)F)c2)CC12CCN(C(=O)COC)CC2. The lowest BCUT2D eigenvalue weighted by atomic mass is 9.71. The van der Waals surface area contributed by atoms with Crippen LogP contribution >= 0.6 is 0 Å². The van der Waals surface area contributed by atoms with Gasteiger partial charge in [0.2, 0.25) is 5.91 Å². The molecule has 2 saturated heterocycles. The summed E-state index contributed by atoms with van der Waals surface area (Å²) < 4.78 is 56.3. The second-order valence-corrected chi connectivity index (χ2v) is 8.66. The van der Waals surface area contributed by atoms with Gasteiger partial charge in [-0.15, -0.1) is 0 Å². The number of halogens is 3. The summed E-state index contributed by atoms with van der Waals surface area (Å²) in [4.78, 5) is 16.0. The van der Waals surface area contributed by atoms with Crippen molar-refractivity contribution in [3.63, 3.8) is 0 Å². The number of amides is 1. The minimum absolute atomic E-state index is 0.0359. The van der Waals surface area contributed by atoms with E-state index in [1.54, 1.807) is 24.1 Å². The summed E-state index contributed by atoms with van der Waals surface area (Å²) in [7, 11) is 3.08. The number of hydrogen-bond acceptors (Lipinski definition) is 6. The number of methoxy groups -OCH3 is 2. The van der Waals surface area contributed by atoms with E-state index in [1.165, 1.54) is 13.2 Å². The summed E-state index contributed by atoms with van der Waals surface area (Å²) in [5.74, 6) is 0.0380. The Balaban J connectivity index is 1.81. The van der Waals surface area contributed by atoms with Crippen LogP contribution < -0.4 is 4.90 Å².